The molecule has 5 heteroatoms. The highest BCUT2D eigenvalue weighted by atomic mass is 79.9. The van der Waals surface area contributed by atoms with Gasteiger partial charge in [0.05, 0.1) is 0 Å². The molecule has 0 bridgehead atoms. The number of rotatable bonds is 1. The van der Waals surface area contributed by atoms with Crippen LogP contribution in [0.3, 0.4) is 0 Å². The fourth-order valence-corrected chi connectivity index (χ4v) is 2.22. The smallest absolute Gasteiger partial charge is 0.247 e. The molecule has 71 valence electrons. The molecule has 0 saturated heterocycles. The Morgan fingerprint density at radius 1 is 1.57 bits per heavy atom. The zero-order valence-electron chi connectivity index (χ0n) is 7.75. The maximum atomic E-state index is 11.8. The molecule has 1 aromatic rings. The molecular formula is C9H9BBrN2O. The Morgan fingerprint density at radius 2 is 2.29 bits per heavy atom. The molecule has 1 aliphatic heterocycles. The number of carbonyl (C=O) groups excluding carboxylic acids is 1. The van der Waals surface area contributed by atoms with Crippen LogP contribution in [0.1, 0.15) is 15.9 Å². The van der Waals surface area contributed by atoms with Gasteiger partial charge >= 0.3 is 0 Å². The van der Waals surface area contributed by atoms with Crippen molar-refractivity contribution in [2.45, 2.75) is 13.4 Å². The van der Waals surface area contributed by atoms with Crippen molar-refractivity contribution in [2.75, 3.05) is 5.73 Å². The molecule has 1 aromatic carbocycles. The lowest BCUT2D eigenvalue weighted by Crippen LogP contribution is -2.25. The van der Waals surface area contributed by atoms with Crippen LogP contribution in [0, 0.1) is 0 Å². The van der Waals surface area contributed by atoms with Crippen molar-refractivity contribution >= 4 is 34.9 Å². The molecule has 1 heterocycles. The highest BCUT2D eigenvalue weighted by molar-refractivity contribution is 9.10. The Bertz CT molecular complexity index is 408. The van der Waals surface area contributed by atoms with Crippen LogP contribution in [0.5, 0.6) is 0 Å². The van der Waals surface area contributed by atoms with E-state index in [2.05, 4.69) is 15.9 Å². The molecule has 1 amide bonds. The van der Waals surface area contributed by atoms with E-state index in [1.54, 1.807) is 18.3 Å². The summed E-state index contributed by atoms with van der Waals surface area (Å²) < 4.78 is 0.908. The van der Waals surface area contributed by atoms with Gasteiger partial charge in [0.15, 0.2) is 0 Å². The molecule has 0 aromatic heterocycles. The summed E-state index contributed by atoms with van der Waals surface area (Å²) in [6.07, 6.45) is 0. The van der Waals surface area contributed by atoms with Crippen LogP contribution in [0.25, 0.3) is 0 Å². The zero-order chi connectivity index (χ0) is 10.3. The second-order valence-corrected chi connectivity index (χ2v) is 4.07. The topological polar surface area (TPSA) is 46.3 Å². The summed E-state index contributed by atoms with van der Waals surface area (Å²) in [5, 5.41) is 0. The van der Waals surface area contributed by atoms with Gasteiger partial charge in [-0.15, -0.1) is 0 Å². The third-order valence-electron chi connectivity index (χ3n) is 2.35. The third-order valence-corrected chi connectivity index (χ3v) is 3.06. The van der Waals surface area contributed by atoms with Gasteiger partial charge in [-0.1, -0.05) is 22.8 Å². The summed E-state index contributed by atoms with van der Waals surface area (Å²) in [6, 6.07) is 3.55. The minimum Gasteiger partial charge on any atom is -0.399 e. The minimum atomic E-state index is 0.0236. The van der Waals surface area contributed by atoms with E-state index in [4.69, 9.17) is 5.73 Å². The average molecular weight is 252 g/mol. The van der Waals surface area contributed by atoms with E-state index in [1.807, 2.05) is 12.9 Å². The first-order chi connectivity index (χ1) is 6.63. The largest absolute Gasteiger partial charge is 0.399 e. The molecule has 2 rings (SSSR count). The SMILES string of the molecule is C[B]N1Cc2c(Br)cc(N)cc2C1=O. The van der Waals surface area contributed by atoms with Crippen molar-refractivity contribution in [1.82, 2.24) is 4.81 Å². The Labute approximate surface area is 91.7 Å². The molecule has 1 radical (unpaired) electrons. The van der Waals surface area contributed by atoms with E-state index in [-0.39, 0.29) is 5.91 Å². The lowest BCUT2D eigenvalue weighted by molar-refractivity contribution is 0.0877. The van der Waals surface area contributed by atoms with E-state index in [0.717, 1.165) is 10.0 Å². The number of fused-ring (bicyclic) bond motifs is 1. The van der Waals surface area contributed by atoms with Crippen LogP contribution in [0.15, 0.2) is 16.6 Å². The fraction of sp³-hybridized carbons (Fsp3) is 0.222. The van der Waals surface area contributed by atoms with Crippen molar-refractivity contribution in [3.63, 3.8) is 0 Å². The summed E-state index contributed by atoms with van der Waals surface area (Å²) in [5.41, 5.74) is 8.00. The van der Waals surface area contributed by atoms with Gasteiger partial charge < -0.3 is 10.5 Å². The number of anilines is 1. The molecule has 0 atom stereocenters. The summed E-state index contributed by atoms with van der Waals surface area (Å²) in [4.78, 5) is 13.4. The quantitative estimate of drug-likeness (QED) is 0.610. The fourth-order valence-electron chi connectivity index (χ4n) is 1.61. The monoisotopic (exact) mass is 251 g/mol. The van der Waals surface area contributed by atoms with Gasteiger partial charge in [0.25, 0.3) is 0 Å². The maximum Gasteiger partial charge on any atom is 0.247 e. The normalized spacial score (nSPS) is 14.4. The number of nitrogens with zero attached hydrogens (tertiary/aromatic N) is 1. The van der Waals surface area contributed by atoms with Gasteiger partial charge in [-0.05, 0) is 17.7 Å². The highest BCUT2D eigenvalue weighted by Gasteiger charge is 2.27. The third kappa shape index (κ3) is 1.32. The number of carbonyl (C=O) groups is 1. The minimum absolute atomic E-state index is 0.0236. The van der Waals surface area contributed by atoms with Crippen LogP contribution in [-0.4, -0.2) is 18.1 Å². The first kappa shape index (κ1) is 9.58. The molecule has 0 spiro atoms. The van der Waals surface area contributed by atoms with Gasteiger partial charge in [-0.25, -0.2) is 0 Å². The van der Waals surface area contributed by atoms with Crippen molar-refractivity contribution in [2.24, 2.45) is 0 Å². The molecule has 1 aliphatic rings. The highest BCUT2D eigenvalue weighted by Crippen LogP contribution is 2.31. The van der Waals surface area contributed by atoms with Crippen LogP contribution >= 0.6 is 15.9 Å². The van der Waals surface area contributed by atoms with Gasteiger partial charge in [-0.3, -0.25) is 4.79 Å². The molecule has 2 N–H and O–H groups in total. The van der Waals surface area contributed by atoms with Crippen LogP contribution in [0.4, 0.5) is 5.69 Å². The Kier molecular flexibility index (Phi) is 2.27. The van der Waals surface area contributed by atoms with Crippen molar-refractivity contribution in [3.05, 3.63) is 27.7 Å². The van der Waals surface area contributed by atoms with Crippen molar-refractivity contribution < 1.29 is 4.79 Å². The molecule has 0 saturated carbocycles. The second kappa shape index (κ2) is 3.31. The lowest BCUT2D eigenvalue weighted by Gasteiger charge is -2.10. The summed E-state index contributed by atoms with van der Waals surface area (Å²) >= 11 is 3.41. The second-order valence-electron chi connectivity index (χ2n) is 3.22. The van der Waals surface area contributed by atoms with E-state index in [0.29, 0.717) is 17.8 Å². The molecule has 14 heavy (non-hydrogen) atoms. The van der Waals surface area contributed by atoms with E-state index in [1.165, 1.54) is 0 Å². The van der Waals surface area contributed by atoms with Crippen LogP contribution in [0.2, 0.25) is 6.82 Å². The maximum absolute atomic E-state index is 11.8. The van der Waals surface area contributed by atoms with E-state index >= 15 is 0 Å². The predicted octanol–water partition coefficient (Wildman–Crippen LogP) is 1.65. The van der Waals surface area contributed by atoms with Crippen LogP contribution < -0.4 is 5.73 Å². The first-order valence-electron chi connectivity index (χ1n) is 4.32. The van der Waals surface area contributed by atoms with Gasteiger partial charge in [0.1, 0.15) is 0 Å². The van der Waals surface area contributed by atoms with Crippen molar-refractivity contribution in [1.29, 1.82) is 0 Å². The van der Waals surface area contributed by atoms with Gasteiger partial charge in [0, 0.05) is 22.3 Å². The zero-order valence-corrected chi connectivity index (χ0v) is 9.34. The van der Waals surface area contributed by atoms with Crippen LogP contribution in [-0.2, 0) is 6.54 Å². The molecule has 3 nitrogen and oxygen atoms in total. The molecule has 0 fully saturated rings. The lowest BCUT2D eigenvalue weighted by atomic mass is 9.97. The number of nitrogen functional groups attached to an aromatic ring is 1. The summed E-state index contributed by atoms with van der Waals surface area (Å²) in [5.74, 6) is 0.0236. The molecule has 0 unspecified atom stereocenters. The summed E-state index contributed by atoms with van der Waals surface area (Å²) in [6.45, 7) is 2.48. The predicted molar refractivity (Wildman–Crippen MR) is 60.0 cm³/mol. The summed E-state index contributed by atoms with van der Waals surface area (Å²) in [7, 11) is 1.78. The number of amides is 1. The van der Waals surface area contributed by atoms with E-state index < -0.39 is 0 Å². The molecule has 0 aliphatic carbocycles. The first-order valence-corrected chi connectivity index (χ1v) is 5.11. The number of halogens is 1. The Hall–Kier alpha value is -0.965. The van der Waals surface area contributed by atoms with E-state index in [9.17, 15) is 4.79 Å². The number of hydrogen-bond donors (Lipinski definition) is 1. The number of hydrogen-bond acceptors (Lipinski definition) is 2. The molecular weight excluding hydrogens is 243 g/mol. The number of nitrogens with two attached hydrogens (primary N) is 1. The standard InChI is InChI=1S/C9H9BBrN2O/c1-10-13-4-7-6(9(13)14)2-5(12)3-8(7)11/h2-3H,4,12H2,1H3. The Morgan fingerprint density at radius 3 is 2.93 bits per heavy atom. The van der Waals surface area contributed by atoms with Crippen molar-refractivity contribution in [3.8, 4) is 0 Å². The average Bonchev–Trinajstić information content (AvgIpc) is 2.44. The number of benzene rings is 1. The Balaban J connectivity index is 2.53. The van der Waals surface area contributed by atoms with Gasteiger partial charge in [-0.2, -0.15) is 0 Å². The van der Waals surface area contributed by atoms with Gasteiger partial charge in [0.2, 0.25) is 13.3 Å².